The van der Waals surface area contributed by atoms with Gasteiger partial charge in [0.2, 0.25) is 0 Å². The molecule has 0 N–H and O–H groups in total. The molecule has 2 aromatic carbocycles. The maximum absolute atomic E-state index is 6.87. The summed E-state index contributed by atoms with van der Waals surface area (Å²) >= 11 is 0. The Hall–Kier alpha value is -2.47. The third-order valence-corrected chi connectivity index (χ3v) is 5.67. The molecule has 28 heavy (non-hydrogen) atoms. The van der Waals surface area contributed by atoms with E-state index in [4.69, 9.17) is 15.7 Å². The van der Waals surface area contributed by atoms with Crippen molar-refractivity contribution in [2.24, 2.45) is 0 Å². The van der Waals surface area contributed by atoms with E-state index in [9.17, 15) is 0 Å². The Morgan fingerprint density at radius 3 is 2.36 bits per heavy atom. The molecule has 0 unspecified atom stereocenters. The number of rotatable bonds is 4. The molecule has 2 aromatic rings. The first kappa shape index (κ1) is 20.3. The molecule has 4 radical (unpaired) electrons. The van der Waals surface area contributed by atoms with Gasteiger partial charge in [0, 0.05) is 0 Å². The zero-order chi connectivity index (χ0) is 20.6. The molecule has 0 nitrogen and oxygen atoms in total. The van der Waals surface area contributed by atoms with E-state index in [1.807, 2.05) is 25.2 Å². The van der Waals surface area contributed by atoms with Gasteiger partial charge in [-0.25, -0.2) is 0 Å². The van der Waals surface area contributed by atoms with Crippen LogP contribution < -0.4 is 10.4 Å². The van der Waals surface area contributed by atoms with Gasteiger partial charge in [0.25, 0.3) is 0 Å². The molecular formula is C26H26B2. The molecule has 0 atom stereocenters. The lowest BCUT2D eigenvalue weighted by atomic mass is 9.44. The Morgan fingerprint density at radius 2 is 1.79 bits per heavy atom. The second-order valence-electron chi connectivity index (χ2n) is 7.69. The summed E-state index contributed by atoms with van der Waals surface area (Å²) in [6.07, 6.45) is 11.7. The third kappa shape index (κ3) is 2.87. The number of hydrogen-bond acceptors (Lipinski definition) is 0. The number of allylic oxidation sites excluding steroid dienone is 6. The quantitative estimate of drug-likeness (QED) is 0.545. The molecule has 0 bridgehead atoms. The van der Waals surface area contributed by atoms with Crippen LogP contribution in [0.1, 0.15) is 50.3 Å². The molecule has 0 saturated heterocycles. The highest BCUT2D eigenvalue weighted by Gasteiger charge is 2.34. The van der Waals surface area contributed by atoms with Gasteiger partial charge >= 0.3 is 0 Å². The van der Waals surface area contributed by atoms with Crippen molar-refractivity contribution < 1.29 is 0 Å². The molecular weight excluding hydrogens is 334 g/mol. The Balaban J connectivity index is 2.72. The SMILES string of the molecule is [B]C1([B])C(/C=C\C=C)=C(C)c2cccc3c(C(C)C)c(=C/C=C)/c(=C\C)c1c23. The summed E-state index contributed by atoms with van der Waals surface area (Å²) in [7, 11) is 13.7. The molecule has 0 amide bonds. The van der Waals surface area contributed by atoms with E-state index in [0.29, 0.717) is 5.92 Å². The lowest BCUT2D eigenvalue weighted by molar-refractivity contribution is 0.863. The zero-order valence-corrected chi connectivity index (χ0v) is 17.3. The minimum atomic E-state index is -1.10. The topological polar surface area (TPSA) is 0 Å². The summed E-state index contributed by atoms with van der Waals surface area (Å²) in [5, 5.41) is 3.52. The highest BCUT2D eigenvalue weighted by atomic mass is 14.3. The molecule has 2 heteroatoms. The van der Waals surface area contributed by atoms with E-state index in [1.54, 1.807) is 6.08 Å². The van der Waals surface area contributed by atoms with Crippen LogP contribution in [0.15, 0.2) is 61.2 Å². The Bertz CT molecular complexity index is 1160. The Kier molecular flexibility index (Phi) is 5.44. The maximum Gasteiger partial charge on any atom is 0.0746 e. The van der Waals surface area contributed by atoms with Gasteiger partial charge in [-0.3, -0.25) is 0 Å². The highest BCUT2D eigenvalue weighted by Crippen LogP contribution is 2.43. The van der Waals surface area contributed by atoms with Crippen molar-refractivity contribution in [2.75, 3.05) is 0 Å². The van der Waals surface area contributed by atoms with E-state index in [1.165, 1.54) is 21.9 Å². The largest absolute Gasteiger partial charge is 0.0991 e. The molecule has 0 aromatic heterocycles. The van der Waals surface area contributed by atoms with Gasteiger partial charge in [0.05, 0.1) is 15.7 Å². The normalized spacial score (nSPS) is 17.2. The zero-order valence-electron chi connectivity index (χ0n) is 17.3. The summed E-state index contributed by atoms with van der Waals surface area (Å²) in [6, 6.07) is 6.47. The number of benzene rings is 2. The average molecular weight is 360 g/mol. The molecule has 0 spiro atoms. The second-order valence-corrected chi connectivity index (χ2v) is 7.69. The predicted octanol–water partition coefficient (Wildman–Crippen LogP) is 4.75. The molecule has 0 saturated carbocycles. The third-order valence-electron chi connectivity index (χ3n) is 5.67. The van der Waals surface area contributed by atoms with Crippen molar-refractivity contribution in [2.45, 2.75) is 38.8 Å². The van der Waals surface area contributed by atoms with Crippen LogP contribution in [0, 0.1) is 0 Å². The highest BCUT2D eigenvalue weighted by molar-refractivity contribution is 6.44. The first-order chi connectivity index (χ1) is 13.3. The van der Waals surface area contributed by atoms with Crippen LogP contribution in [0.2, 0.25) is 0 Å². The van der Waals surface area contributed by atoms with Crippen molar-refractivity contribution in [1.82, 2.24) is 0 Å². The van der Waals surface area contributed by atoms with Crippen LogP contribution in [0.5, 0.6) is 0 Å². The standard InChI is InChI=1S/C26H26B2/c1-7-10-15-22-17(6)19-13-11-14-21-23(16(4)5)20(12-8-2)18(9-3)25(24(19)21)26(22,27)28/h7-16H,1-2H2,3-6H3/b15-10-,18-9+,20-12+. The first-order valence-corrected chi connectivity index (χ1v) is 9.77. The van der Waals surface area contributed by atoms with Gasteiger partial charge in [-0.2, -0.15) is 0 Å². The van der Waals surface area contributed by atoms with Crippen LogP contribution >= 0.6 is 0 Å². The Labute approximate surface area is 171 Å². The molecule has 136 valence electrons. The molecule has 1 aliphatic rings. The van der Waals surface area contributed by atoms with Gasteiger partial charge in [-0.1, -0.05) is 92.4 Å². The van der Waals surface area contributed by atoms with Gasteiger partial charge < -0.3 is 0 Å². The lowest BCUT2D eigenvalue weighted by Gasteiger charge is -2.38. The van der Waals surface area contributed by atoms with Crippen molar-refractivity contribution in [1.29, 1.82) is 0 Å². The lowest BCUT2D eigenvalue weighted by Crippen LogP contribution is -2.44. The van der Waals surface area contributed by atoms with E-state index in [2.05, 4.69) is 64.3 Å². The summed E-state index contributed by atoms with van der Waals surface area (Å²) in [5.41, 5.74) is 5.50. The monoisotopic (exact) mass is 360 g/mol. The van der Waals surface area contributed by atoms with Crippen LogP contribution in [-0.4, -0.2) is 15.7 Å². The van der Waals surface area contributed by atoms with Gasteiger partial charge in [-0.05, 0) is 63.2 Å². The summed E-state index contributed by atoms with van der Waals surface area (Å²) in [5.74, 6) is 0.352. The maximum atomic E-state index is 6.87. The van der Waals surface area contributed by atoms with E-state index in [0.717, 1.165) is 27.1 Å². The van der Waals surface area contributed by atoms with E-state index < -0.39 is 5.21 Å². The predicted molar refractivity (Wildman–Crippen MR) is 127 cm³/mol. The van der Waals surface area contributed by atoms with Crippen LogP contribution in [0.25, 0.3) is 28.5 Å². The molecule has 3 rings (SSSR count). The van der Waals surface area contributed by atoms with Gasteiger partial charge in [-0.15, -0.1) is 0 Å². The van der Waals surface area contributed by atoms with E-state index in [-0.39, 0.29) is 0 Å². The van der Waals surface area contributed by atoms with Gasteiger partial charge in [0.1, 0.15) is 0 Å². The minimum Gasteiger partial charge on any atom is -0.0991 e. The molecule has 0 fully saturated rings. The summed E-state index contributed by atoms with van der Waals surface area (Å²) in [6.45, 7) is 16.3. The smallest absolute Gasteiger partial charge is 0.0746 e. The fraction of sp³-hybridized carbons (Fsp3) is 0.231. The fourth-order valence-corrected chi connectivity index (χ4v) is 4.58. The summed E-state index contributed by atoms with van der Waals surface area (Å²) < 4.78 is 0. The molecule has 1 aliphatic carbocycles. The second kappa shape index (κ2) is 7.51. The number of hydrogen-bond donors (Lipinski definition) is 0. The molecule has 0 aliphatic heterocycles. The van der Waals surface area contributed by atoms with Crippen molar-refractivity contribution >= 4 is 44.2 Å². The average Bonchev–Trinajstić information content (AvgIpc) is 2.65. The minimum absolute atomic E-state index is 0.352. The van der Waals surface area contributed by atoms with E-state index >= 15 is 0 Å². The van der Waals surface area contributed by atoms with Crippen molar-refractivity contribution in [3.8, 4) is 0 Å². The van der Waals surface area contributed by atoms with Crippen LogP contribution in [-0.2, 0) is 5.21 Å². The van der Waals surface area contributed by atoms with Crippen LogP contribution in [0.3, 0.4) is 0 Å². The van der Waals surface area contributed by atoms with Crippen molar-refractivity contribution in [3.63, 3.8) is 0 Å². The fourth-order valence-electron chi connectivity index (χ4n) is 4.58. The van der Waals surface area contributed by atoms with Crippen LogP contribution in [0.4, 0.5) is 0 Å². The molecule has 0 heterocycles. The first-order valence-electron chi connectivity index (χ1n) is 9.77. The summed E-state index contributed by atoms with van der Waals surface area (Å²) in [4.78, 5) is 0. The van der Waals surface area contributed by atoms with Gasteiger partial charge in [0.15, 0.2) is 0 Å². The Morgan fingerprint density at radius 1 is 1.07 bits per heavy atom. The van der Waals surface area contributed by atoms with Crippen molar-refractivity contribution in [3.05, 3.63) is 88.4 Å².